The van der Waals surface area contributed by atoms with Gasteiger partial charge in [-0.05, 0) is 25.3 Å². The number of piperazine rings is 1. The first-order chi connectivity index (χ1) is 13.8. The van der Waals surface area contributed by atoms with Crippen LogP contribution in [0.4, 0.5) is 0 Å². The van der Waals surface area contributed by atoms with Crippen LogP contribution in [-0.4, -0.2) is 85.5 Å². The molecule has 0 aromatic heterocycles. The summed E-state index contributed by atoms with van der Waals surface area (Å²) in [5.74, 6) is 1.02. The lowest BCUT2D eigenvalue weighted by atomic mass is 10.2. The van der Waals surface area contributed by atoms with Crippen molar-refractivity contribution in [3.05, 3.63) is 42.0 Å². The number of carbonyl (C=O) groups excluding carboxylic acids is 1. The van der Waals surface area contributed by atoms with Crippen molar-refractivity contribution < 1.29 is 4.79 Å². The fourth-order valence-electron chi connectivity index (χ4n) is 3.68. The van der Waals surface area contributed by atoms with Gasteiger partial charge in [0.1, 0.15) is 6.54 Å². The Balaban J connectivity index is 0.00000300. The smallest absolute Gasteiger partial charge is 0.244 e. The zero-order valence-corrected chi connectivity index (χ0v) is 19.8. The molecule has 0 unspecified atom stereocenters. The van der Waals surface area contributed by atoms with Crippen molar-refractivity contribution >= 4 is 41.9 Å². The minimum Gasteiger partial charge on any atom is -0.357 e. The fraction of sp³-hybridized carbons (Fsp3) is 0.545. The fourth-order valence-corrected chi connectivity index (χ4v) is 3.68. The van der Waals surface area contributed by atoms with E-state index in [1.54, 1.807) is 0 Å². The minimum absolute atomic E-state index is 0. The van der Waals surface area contributed by atoms with E-state index < -0.39 is 0 Å². The SMILES string of the molecule is CCNC(=NCC(=O)N1CCCC1)N1CCN(C/C=C/c2ccccc2)CC1.I. The zero-order valence-electron chi connectivity index (χ0n) is 17.4. The molecule has 0 atom stereocenters. The molecule has 1 amide bonds. The van der Waals surface area contributed by atoms with E-state index in [0.29, 0.717) is 0 Å². The van der Waals surface area contributed by atoms with Crippen molar-refractivity contribution in [2.45, 2.75) is 19.8 Å². The number of halogens is 1. The number of likely N-dealkylation sites (tertiary alicyclic amines) is 1. The van der Waals surface area contributed by atoms with Gasteiger partial charge in [-0.3, -0.25) is 9.69 Å². The van der Waals surface area contributed by atoms with Gasteiger partial charge in [0.05, 0.1) is 0 Å². The molecular weight excluding hydrogens is 477 g/mol. The van der Waals surface area contributed by atoms with Gasteiger partial charge in [0.15, 0.2) is 5.96 Å². The van der Waals surface area contributed by atoms with Crippen LogP contribution >= 0.6 is 24.0 Å². The van der Waals surface area contributed by atoms with Crippen LogP contribution in [0.1, 0.15) is 25.3 Å². The number of hydrogen-bond acceptors (Lipinski definition) is 3. The molecule has 0 spiro atoms. The molecule has 3 rings (SSSR count). The second kappa shape index (κ2) is 12.8. The molecule has 6 nitrogen and oxygen atoms in total. The first-order valence-corrected chi connectivity index (χ1v) is 10.5. The highest BCUT2D eigenvalue weighted by atomic mass is 127. The first-order valence-electron chi connectivity index (χ1n) is 10.5. The molecule has 160 valence electrons. The number of nitrogens with zero attached hydrogens (tertiary/aromatic N) is 4. The Morgan fingerprint density at radius 1 is 1.03 bits per heavy atom. The number of amides is 1. The van der Waals surface area contributed by atoms with Gasteiger partial charge in [-0.15, -0.1) is 24.0 Å². The number of carbonyl (C=O) groups is 1. The molecule has 2 aliphatic rings. The van der Waals surface area contributed by atoms with Gasteiger partial charge < -0.3 is 15.1 Å². The maximum absolute atomic E-state index is 12.3. The molecule has 2 heterocycles. The van der Waals surface area contributed by atoms with Gasteiger partial charge in [0.2, 0.25) is 5.91 Å². The standard InChI is InChI=1S/C22H33N5O.HI/c1-2-23-22(24-19-21(28)26-13-6-7-14-26)27-17-15-25(16-18-27)12-8-11-20-9-4-3-5-10-20;/h3-5,8-11H,2,6-7,12-19H2,1H3,(H,23,24);1H/b11-8+;. The summed E-state index contributed by atoms with van der Waals surface area (Å²) in [7, 11) is 0. The molecule has 29 heavy (non-hydrogen) atoms. The highest BCUT2D eigenvalue weighted by Gasteiger charge is 2.21. The van der Waals surface area contributed by atoms with E-state index in [-0.39, 0.29) is 36.4 Å². The van der Waals surface area contributed by atoms with Crippen molar-refractivity contribution in [3.63, 3.8) is 0 Å². The molecule has 1 aromatic rings. The van der Waals surface area contributed by atoms with Crippen molar-refractivity contribution in [1.29, 1.82) is 0 Å². The Hall–Kier alpha value is -1.61. The molecule has 0 radical (unpaired) electrons. The summed E-state index contributed by atoms with van der Waals surface area (Å²) in [6, 6.07) is 10.4. The summed E-state index contributed by atoms with van der Waals surface area (Å²) in [5, 5.41) is 3.35. The van der Waals surface area contributed by atoms with Gasteiger partial charge in [-0.25, -0.2) is 4.99 Å². The van der Waals surface area contributed by atoms with E-state index in [2.05, 4.69) is 63.5 Å². The number of rotatable bonds is 6. The Kier molecular flexibility index (Phi) is 10.5. The van der Waals surface area contributed by atoms with Crippen LogP contribution in [0.25, 0.3) is 6.08 Å². The summed E-state index contributed by atoms with van der Waals surface area (Å²) in [6.07, 6.45) is 6.66. The van der Waals surface area contributed by atoms with Crippen LogP contribution < -0.4 is 5.32 Å². The lowest BCUT2D eigenvalue weighted by Crippen LogP contribution is -2.52. The highest BCUT2D eigenvalue weighted by molar-refractivity contribution is 14.0. The van der Waals surface area contributed by atoms with Gasteiger partial charge in [-0.2, -0.15) is 0 Å². The van der Waals surface area contributed by atoms with E-state index in [1.807, 2.05) is 11.0 Å². The summed E-state index contributed by atoms with van der Waals surface area (Å²) < 4.78 is 0. The lowest BCUT2D eigenvalue weighted by Gasteiger charge is -2.36. The van der Waals surface area contributed by atoms with Crippen LogP contribution in [0.2, 0.25) is 0 Å². The van der Waals surface area contributed by atoms with E-state index in [1.165, 1.54) is 5.56 Å². The molecule has 0 aliphatic carbocycles. The Morgan fingerprint density at radius 3 is 2.38 bits per heavy atom. The maximum atomic E-state index is 12.3. The Morgan fingerprint density at radius 2 is 1.72 bits per heavy atom. The third-order valence-electron chi connectivity index (χ3n) is 5.30. The van der Waals surface area contributed by atoms with E-state index in [0.717, 1.165) is 71.2 Å². The van der Waals surface area contributed by atoms with E-state index in [9.17, 15) is 4.79 Å². The summed E-state index contributed by atoms with van der Waals surface area (Å²) in [6.45, 7) is 9.75. The van der Waals surface area contributed by atoms with Gasteiger partial charge in [0, 0.05) is 52.4 Å². The second-order valence-electron chi connectivity index (χ2n) is 7.36. The van der Waals surface area contributed by atoms with Crippen LogP contribution in [0, 0.1) is 0 Å². The minimum atomic E-state index is 0. The molecule has 1 N–H and O–H groups in total. The van der Waals surface area contributed by atoms with E-state index >= 15 is 0 Å². The molecule has 0 bridgehead atoms. The van der Waals surface area contributed by atoms with Gasteiger partial charge >= 0.3 is 0 Å². The van der Waals surface area contributed by atoms with Crippen molar-refractivity contribution in [2.75, 3.05) is 58.9 Å². The maximum Gasteiger partial charge on any atom is 0.244 e. The second-order valence-corrected chi connectivity index (χ2v) is 7.36. The van der Waals surface area contributed by atoms with Gasteiger partial charge in [0.25, 0.3) is 0 Å². The lowest BCUT2D eigenvalue weighted by molar-refractivity contribution is -0.128. The zero-order chi connectivity index (χ0) is 19.6. The van der Waals surface area contributed by atoms with Crippen molar-refractivity contribution in [1.82, 2.24) is 20.0 Å². The number of benzene rings is 1. The van der Waals surface area contributed by atoms with Crippen LogP contribution in [0.15, 0.2) is 41.4 Å². The average molecular weight is 511 g/mol. The number of aliphatic imine (C=N–C) groups is 1. The van der Waals surface area contributed by atoms with Crippen LogP contribution in [-0.2, 0) is 4.79 Å². The predicted octanol–water partition coefficient (Wildman–Crippen LogP) is 2.52. The number of nitrogens with one attached hydrogen (secondary N) is 1. The van der Waals surface area contributed by atoms with E-state index in [4.69, 9.17) is 0 Å². The molecule has 2 saturated heterocycles. The molecule has 1 aromatic carbocycles. The largest absolute Gasteiger partial charge is 0.357 e. The summed E-state index contributed by atoms with van der Waals surface area (Å²) >= 11 is 0. The molecule has 7 heteroatoms. The first kappa shape index (κ1) is 23.7. The van der Waals surface area contributed by atoms with Crippen LogP contribution in [0.3, 0.4) is 0 Å². The molecule has 2 aliphatic heterocycles. The van der Waals surface area contributed by atoms with Gasteiger partial charge in [-0.1, -0.05) is 42.5 Å². The molecular formula is C22H34IN5O. The monoisotopic (exact) mass is 511 g/mol. The summed E-state index contributed by atoms with van der Waals surface area (Å²) in [5.41, 5.74) is 1.24. The predicted molar refractivity (Wildman–Crippen MR) is 131 cm³/mol. The number of guanidine groups is 1. The van der Waals surface area contributed by atoms with Crippen LogP contribution in [0.5, 0.6) is 0 Å². The highest BCUT2D eigenvalue weighted by Crippen LogP contribution is 2.08. The van der Waals surface area contributed by atoms with Crippen molar-refractivity contribution in [2.24, 2.45) is 4.99 Å². The Bertz CT molecular complexity index is 665. The number of hydrogen-bond donors (Lipinski definition) is 1. The van der Waals surface area contributed by atoms with Crippen molar-refractivity contribution in [3.8, 4) is 0 Å². The molecule has 0 saturated carbocycles. The summed E-state index contributed by atoms with van der Waals surface area (Å²) in [4.78, 5) is 23.6. The quantitative estimate of drug-likeness (QED) is 0.363. The normalized spacial score (nSPS) is 18.2. The third kappa shape index (κ3) is 7.62. The Labute approximate surface area is 192 Å². The third-order valence-corrected chi connectivity index (χ3v) is 5.30. The molecule has 2 fully saturated rings. The average Bonchev–Trinajstić information content (AvgIpc) is 3.27. The topological polar surface area (TPSA) is 51.2 Å².